The third-order valence-electron chi connectivity index (χ3n) is 7.64. The van der Waals surface area contributed by atoms with Crippen LogP contribution in [0.3, 0.4) is 0 Å². The smallest absolute Gasteiger partial charge is 0.324 e. The zero-order valence-electron chi connectivity index (χ0n) is 27.5. The molecule has 3 aromatic heterocycles. The summed E-state index contributed by atoms with van der Waals surface area (Å²) >= 11 is 0. The summed E-state index contributed by atoms with van der Waals surface area (Å²) in [5, 5.41) is 15.5. The number of nitrogens with zero attached hydrogens (tertiary/aromatic N) is 5. The first-order valence-electron chi connectivity index (χ1n) is 15.7. The van der Waals surface area contributed by atoms with E-state index in [0.717, 1.165) is 39.7 Å². The molecule has 0 radical (unpaired) electrons. The van der Waals surface area contributed by atoms with Gasteiger partial charge >= 0.3 is 6.03 Å². The normalized spacial score (nSPS) is 11.4. The molecule has 0 fully saturated rings. The van der Waals surface area contributed by atoms with Crippen molar-refractivity contribution in [2.24, 2.45) is 0 Å². The van der Waals surface area contributed by atoms with E-state index in [1.807, 2.05) is 95.3 Å². The van der Waals surface area contributed by atoms with Gasteiger partial charge in [0.2, 0.25) is 0 Å². The van der Waals surface area contributed by atoms with Gasteiger partial charge in [0.05, 0.1) is 29.0 Å². The molecule has 6 aromatic rings. The Hall–Kier alpha value is -5.84. The molecule has 0 unspecified atom stereocenters. The average Bonchev–Trinajstić information content (AvgIpc) is 3.49. The maximum Gasteiger partial charge on any atom is 0.324 e. The number of pyridine rings is 1. The van der Waals surface area contributed by atoms with Gasteiger partial charge < -0.3 is 15.4 Å². The predicted molar refractivity (Wildman–Crippen MR) is 187 cm³/mol. The third kappa shape index (κ3) is 7.41. The number of hydrogen-bond acceptors (Lipinski definition) is 7. The summed E-state index contributed by atoms with van der Waals surface area (Å²) in [4.78, 5) is 26.6. The van der Waals surface area contributed by atoms with Crippen LogP contribution in [-0.4, -0.2) is 30.8 Å². The van der Waals surface area contributed by atoms with Gasteiger partial charge in [-0.3, -0.25) is 10.3 Å². The van der Waals surface area contributed by atoms with Crippen molar-refractivity contribution in [3.8, 4) is 11.4 Å². The lowest BCUT2D eigenvalue weighted by Gasteiger charge is -2.15. The lowest BCUT2D eigenvalue weighted by molar-refractivity contribution is 0.262. The number of amides is 2. The van der Waals surface area contributed by atoms with Crippen LogP contribution in [0.4, 0.5) is 32.3 Å². The number of carbonyl (C=O) groups is 1. The molecule has 0 atom stereocenters. The molecule has 2 amide bonds. The number of halogens is 1. The van der Waals surface area contributed by atoms with Gasteiger partial charge in [0.25, 0.3) is 0 Å². The van der Waals surface area contributed by atoms with Crippen LogP contribution in [0.15, 0.2) is 91.4 Å². The van der Waals surface area contributed by atoms with Gasteiger partial charge in [-0.15, -0.1) is 0 Å². The van der Waals surface area contributed by atoms with Crippen LogP contribution in [0.25, 0.3) is 16.5 Å². The Morgan fingerprint density at radius 3 is 2.52 bits per heavy atom. The van der Waals surface area contributed by atoms with E-state index in [9.17, 15) is 9.18 Å². The summed E-state index contributed by atoms with van der Waals surface area (Å²) in [6.07, 6.45) is 5.91. The van der Waals surface area contributed by atoms with E-state index in [4.69, 9.17) is 9.84 Å². The summed E-state index contributed by atoms with van der Waals surface area (Å²) < 4.78 is 22.2. The molecule has 0 saturated carbocycles. The maximum atomic E-state index is 14.3. The molecule has 0 aliphatic rings. The molecule has 0 aliphatic heterocycles. The maximum absolute atomic E-state index is 14.3. The first-order valence-corrected chi connectivity index (χ1v) is 15.7. The van der Waals surface area contributed by atoms with Crippen LogP contribution in [-0.2, 0) is 18.4 Å². The number of anilines is 4. The number of aromatic nitrogens is 5. The predicted octanol–water partition coefficient (Wildman–Crippen LogP) is 8.48. The highest BCUT2D eigenvalue weighted by molar-refractivity contribution is 6.07. The van der Waals surface area contributed by atoms with E-state index in [1.165, 1.54) is 12.1 Å². The Labute approximate surface area is 278 Å². The lowest BCUT2D eigenvalue weighted by Crippen LogP contribution is -2.21. The summed E-state index contributed by atoms with van der Waals surface area (Å²) in [5.41, 5.74) is 4.13. The number of aryl methyl sites for hydroxylation is 2. The number of carbonyl (C=O) groups excluding carboxylic acids is 1. The van der Waals surface area contributed by atoms with E-state index in [-0.39, 0.29) is 11.2 Å². The van der Waals surface area contributed by atoms with E-state index in [0.29, 0.717) is 41.2 Å². The quantitative estimate of drug-likeness (QED) is 0.144. The Bertz CT molecular complexity index is 2080. The fraction of sp³-hybridized carbons (Fsp3) is 0.216. The molecule has 6 rings (SSSR count). The molecule has 10 nitrogen and oxygen atoms in total. The number of nitrogens with one attached hydrogen (secondary N) is 3. The van der Waals surface area contributed by atoms with Gasteiger partial charge in [-0.25, -0.2) is 23.8 Å². The van der Waals surface area contributed by atoms with Crippen LogP contribution in [0.2, 0.25) is 0 Å². The second-order valence-corrected chi connectivity index (χ2v) is 12.5. The number of hydrogen-bond donors (Lipinski definition) is 3. The molecule has 0 saturated heterocycles. The van der Waals surface area contributed by atoms with Crippen molar-refractivity contribution in [1.29, 1.82) is 0 Å². The highest BCUT2D eigenvalue weighted by Crippen LogP contribution is 2.33. The van der Waals surface area contributed by atoms with Gasteiger partial charge in [0, 0.05) is 34.6 Å². The lowest BCUT2D eigenvalue weighted by atomic mass is 9.92. The minimum atomic E-state index is -0.463. The number of benzene rings is 3. The molecule has 48 heavy (non-hydrogen) atoms. The Kier molecular flexibility index (Phi) is 9.02. The molecular formula is C37H37FN8O2. The van der Waals surface area contributed by atoms with Crippen LogP contribution in [0.5, 0.6) is 5.75 Å². The summed E-state index contributed by atoms with van der Waals surface area (Å²) in [7, 11) is 0. The van der Waals surface area contributed by atoms with Gasteiger partial charge in [0.15, 0.2) is 0 Å². The molecule has 0 spiro atoms. The summed E-state index contributed by atoms with van der Waals surface area (Å²) in [6.45, 7) is 10.2. The SMILES string of the molecule is CCc1cncc(Nc2cc(COc3ccc(NC(=O)Nc4cc(C(C)(C)C)nn4-c4cc(C)cc(F)c4)c4ccccc34)ccn2)n1. The van der Waals surface area contributed by atoms with E-state index in [2.05, 4.69) is 30.9 Å². The first kappa shape index (κ1) is 32.1. The molecule has 244 valence electrons. The molecule has 0 bridgehead atoms. The third-order valence-corrected chi connectivity index (χ3v) is 7.64. The van der Waals surface area contributed by atoms with Crippen molar-refractivity contribution in [3.05, 3.63) is 120 Å². The molecule has 0 aliphatic carbocycles. The van der Waals surface area contributed by atoms with E-state index >= 15 is 0 Å². The number of fused-ring (bicyclic) bond motifs is 1. The summed E-state index contributed by atoms with van der Waals surface area (Å²) in [6, 6.07) is 21.2. The van der Waals surface area contributed by atoms with Crippen molar-refractivity contribution in [3.63, 3.8) is 0 Å². The molecular weight excluding hydrogens is 607 g/mol. The first-order chi connectivity index (χ1) is 23.1. The molecule has 3 heterocycles. The Morgan fingerprint density at radius 1 is 0.938 bits per heavy atom. The molecule has 3 aromatic carbocycles. The zero-order chi connectivity index (χ0) is 33.8. The van der Waals surface area contributed by atoms with Gasteiger partial charge in [-0.05, 0) is 66.9 Å². The largest absolute Gasteiger partial charge is 0.488 e. The Balaban J connectivity index is 1.19. The van der Waals surface area contributed by atoms with Gasteiger partial charge in [-0.2, -0.15) is 5.10 Å². The van der Waals surface area contributed by atoms with Crippen molar-refractivity contribution in [2.75, 3.05) is 16.0 Å². The van der Waals surface area contributed by atoms with Crippen molar-refractivity contribution < 1.29 is 13.9 Å². The number of urea groups is 1. The van der Waals surface area contributed by atoms with Crippen LogP contribution in [0.1, 0.15) is 50.2 Å². The molecule has 11 heteroatoms. The standard InChI is InChI=1S/C37H37FN8O2/c1-6-26-20-39-21-34(41-26)43-33-17-24(13-14-40-33)22-48-31-12-11-30(28-9-7-8-10-29(28)31)42-36(47)44-35-19-32(37(3,4)5)45-46(35)27-16-23(2)15-25(38)18-27/h7-21H,6,22H2,1-5H3,(H,40,41,43)(H2,42,44,47). The zero-order valence-corrected chi connectivity index (χ0v) is 27.5. The van der Waals surface area contributed by atoms with Crippen LogP contribution >= 0.6 is 0 Å². The fourth-order valence-corrected chi connectivity index (χ4v) is 5.21. The fourth-order valence-electron chi connectivity index (χ4n) is 5.21. The topological polar surface area (TPSA) is 119 Å². The minimum Gasteiger partial charge on any atom is -0.488 e. The van der Waals surface area contributed by atoms with Crippen LogP contribution in [0, 0.1) is 12.7 Å². The second kappa shape index (κ2) is 13.5. The minimum absolute atomic E-state index is 0.295. The Morgan fingerprint density at radius 2 is 1.75 bits per heavy atom. The highest BCUT2D eigenvalue weighted by Gasteiger charge is 2.22. The number of ether oxygens (including phenoxy) is 1. The van der Waals surface area contributed by atoms with Gasteiger partial charge in [-0.1, -0.05) is 52.0 Å². The monoisotopic (exact) mass is 644 g/mol. The van der Waals surface area contributed by atoms with Crippen molar-refractivity contribution in [1.82, 2.24) is 24.7 Å². The van der Waals surface area contributed by atoms with Crippen molar-refractivity contribution >= 4 is 39.9 Å². The van der Waals surface area contributed by atoms with Crippen molar-refractivity contribution in [2.45, 2.75) is 53.1 Å². The second-order valence-electron chi connectivity index (χ2n) is 12.5. The van der Waals surface area contributed by atoms with Crippen LogP contribution < -0.4 is 20.7 Å². The van der Waals surface area contributed by atoms with Gasteiger partial charge in [0.1, 0.15) is 35.6 Å². The number of rotatable bonds is 9. The molecule has 3 N–H and O–H groups in total. The van der Waals surface area contributed by atoms with E-state index < -0.39 is 6.03 Å². The highest BCUT2D eigenvalue weighted by atomic mass is 19.1. The summed E-state index contributed by atoms with van der Waals surface area (Å²) in [5.74, 6) is 1.97. The van der Waals surface area contributed by atoms with E-state index in [1.54, 1.807) is 23.3 Å². The average molecular weight is 645 g/mol.